The van der Waals surface area contributed by atoms with Gasteiger partial charge in [0.15, 0.2) is 0 Å². The molecular formula is C10H22FO2P. The second kappa shape index (κ2) is 7.42. The normalized spacial score (nSPS) is 15.8. The molecule has 0 aromatic carbocycles. The summed E-state index contributed by atoms with van der Waals surface area (Å²) in [5, 5.41) is 0. The third-order valence-corrected chi connectivity index (χ3v) is 3.90. The minimum absolute atomic E-state index is 0.287. The average molecular weight is 224 g/mol. The van der Waals surface area contributed by atoms with Gasteiger partial charge in [0.05, 0.1) is 12.3 Å². The summed E-state index contributed by atoms with van der Waals surface area (Å²) in [6.07, 6.45) is 5.39. The first kappa shape index (κ1) is 14.1. The number of unbranched alkanes of at least 4 members (excludes halogenated alkanes) is 4. The fraction of sp³-hybridized carbons (Fsp3) is 1.00. The van der Waals surface area contributed by atoms with E-state index in [1.165, 1.54) is 12.8 Å². The maximum atomic E-state index is 13.1. The molecule has 0 aliphatic heterocycles. The third-order valence-electron chi connectivity index (χ3n) is 2.13. The molecule has 1 unspecified atom stereocenters. The molecule has 0 saturated carbocycles. The number of rotatable bonds is 8. The first-order valence-corrected chi connectivity index (χ1v) is 7.03. The van der Waals surface area contributed by atoms with Crippen molar-refractivity contribution in [2.24, 2.45) is 0 Å². The molecule has 86 valence electrons. The zero-order chi connectivity index (χ0) is 11.0. The Hall–Kier alpha value is 0.120. The Morgan fingerprint density at radius 3 is 2.29 bits per heavy atom. The molecule has 0 fully saturated rings. The van der Waals surface area contributed by atoms with E-state index in [-0.39, 0.29) is 6.61 Å². The van der Waals surface area contributed by atoms with Gasteiger partial charge in [0.2, 0.25) is 0 Å². The predicted octanol–water partition coefficient (Wildman–Crippen LogP) is 4.54. The van der Waals surface area contributed by atoms with Crippen LogP contribution in [0.15, 0.2) is 0 Å². The summed E-state index contributed by atoms with van der Waals surface area (Å²) >= 11 is 0. The van der Waals surface area contributed by atoms with Gasteiger partial charge in [0, 0.05) is 0 Å². The lowest BCUT2D eigenvalue weighted by molar-refractivity contribution is 0.272. The lowest BCUT2D eigenvalue weighted by Crippen LogP contribution is -1.99. The van der Waals surface area contributed by atoms with E-state index in [9.17, 15) is 8.76 Å². The highest BCUT2D eigenvalue weighted by Gasteiger charge is 2.26. The van der Waals surface area contributed by atoms with E-state index in [1.807, 2.05) is 0 Å². The third kappa shape index (κ3) is 6.56. The standard InChI is InChI=1S/C10H22FO2P/c1-4-5-6-7-8-9-13-14(11,12)10(2)3/h10H,4-9H2,1-3H3. The van der Waals surface area contributed by atoms with Crippen molar-refractivity contribution in [3.63, 3.8) is 0 Å². The molecule has 0 aliphatic rings. The monoisotopic (exact) mass is 224 g/mol. The van der Waals surface area contributed by atoms with E-state index in [2.05, 4.69) is 6.92 Å². The van der Waals surface area contributed by atoms with Gasteiger partial charge in [-0.1, -0.05) is 46.5 Å². The van der Waals surface area contributed by atoms with Crippen LogP contribution in [0.2, 0.25) is 0 Å². The number of hydrogen-bond acceptors (Lipinski definition) is 2. The summed E-state index contributed by atoms with van der Waals surface area (Å²) in [5.74, 6) is 0. The van der Waals surface area contributed by atoms with Crippen LogP contribution in [-0.4, -0.2) is 12.3 Å². The van der Waals surface area contributed by atoms with Crippen molar-refractivity contribution in [2.75, 3.05) is 6.61 Å². The smallest absolute Gasteiger partial charge is 0.305 e. The predicted molar refractivity (Wildman–Crippen MR) is 58.6 cm³/mol. The molecule has 0 bridgehead atoms. The first-order valence-electron chi connectivity index (χ1n) is 5.44. The van der Waals surface area contributed by atoms with Crippen LogP contribution in [0.5, 0.6) is 0 Å². The van der Waals surface area contributed by atoms with Gasteiger partial charge in [-0.25, -0.2) is 0 Å². The van der Waals surface area contributed by atoms with Crippen molar-refractivity contribution in [1.82, 2.24) is 0 Å². The van der Waals surface area contributed by atoms with Crippen molar-refractivity contribution in [3.05, 3.63) is 0 Å². The van der Waals surface area contributed by atoms with Crippen LogP contribution in [0.1, 0.15) is 52.9 Å². The van der Waals surface area contributed by atoms with Gasteiger partial charge in [-0.05, 0) is 6.42 Å². The Kier molecular flexibility index (Phi) is 7.48. The van der Waals surface area contributed by atoms with Crippen molar-refractivity contribution in [3.8, 4) is 0 Å². The van der Waals surface area contributed by atoms with E-state index in [0.717, 1.165) is 19.3 Å². The summed E-state index contributed by atoms with van der Waals surface area (Å²) in [7, 11) is -3.82. The molecular weight excluding hydrogens is 202 g/mol. The van der Waals surface area contributed by atoms with Crippen molar-refractivity contribution in [2.45, 2.75) is 58.5 Å². The molecule has 0 spiro atoms. The summed E-state index contributed by atoms with van der Waals surface area (Å²) in [4.78, 5) is 0. The van der Waals surface area contributed by atoms with Crippen molar-refractivity contribution in [1.29, 1.82) is 0 Å². The van der Waals surface area contributed by atoms with Crippen LogP contribution in [0, 0.1) is 0 Å². The summed E-state index contributed by atoms with van der Waals surface area (Å²) < 4.78 is 29.0. The van der Waals surface area contributed by atoms with Gasteiger partial charge in [0.1, 0.15) is 0 Å². The van der Waals surface area contributed by atoms with Crippen LogP contribution < -0.4 is 0 Å². The average Bonchev–Trinajstić information content (AvgIpc) is 2.10. The van der Waals surface area contributed by atoms with Crippen molar-refractivity contribution >= 4 is 7.68 Å². The molecule has 14 heavy (non-hydrogen) atoms. The fourth-order valence-electron chi connectivity index (χ4n) is 1.04. The molecule has 4 heteroatoms. The van der Waals surface area contributed by atoms with Crippen LogP contribution in [0.25, 0.3) is 0 Å². The number of hydrogen-bond donors (Lipinski definition) is 0. The molecule has 0 aromatic rings. The topological polar surface area (TPSA) is 26.3 Å². The molecule has 0 aromatic heterocycles. The zero-order valence-electron chi connectivity index (χ0n) is 9.46. The molecule has 0 heterocycles. The Morgan fingerprint density at radius 2 is 1.79 bits per heavy atom. The molecule has 0 N–H and O–H groups in total. The van der Waals surface area contributed by atoms with Gasteiger partial charge in [0.25, 0.3) is 0 Å². The minimum atomic E-state index is -3.82. The Bertz CT molecular complexity index is 183. The molecule has 0 amide bonds. The lowest BCUT2D eigenvalue weighted by Gasteiger charge is -2.12. The Balaban J connectivity index is 3.40. The molecule has 0 rings (SSSR count). The van der Waals surface area contributed by atoms with Crippen LogP contribution in [-0.2, 0) is 9.09 Å². The van der Waals surface area contributed by atoms with E-state index in [0.29, 0.717) is 0 Å². The summed E-state index contributed by atoms with van der Waals surface area (Å²) in [5.41, 5.74) is -0.516. The van der Waals surface area contributed by atoms with Gasteiger partial charge in [-0.3, -0.25) is 4.57 Å². The van der Waals surface area contributed by atoms with E-state index in [1.54, 1.807) is 13.8 Å². The molecule has 0 saturated heterocycles. The highest BCUT2D eigenvalue weighted by atomic mass is 31.2. The van der Waals surface area contributed by atoms with Crippen LogP contribution in [0.4, 0.5) is 4.20 Å². The van der Waals surface area contributed by atoms with Crippen molar-refractivity contribution < 1.29 is 13.3 Å². The maximum absolute atomic E-state index is 13.1. The Morgan fingerprint density at radius 1 is 1.21 bits per heavy atom. The Labute approximate surface area is 86.8 Å². The van der Waals surface area contributed by atoms with Crippen LogP contribution in [0.3, 0.4) is 0 Å². The molecule has 0 radical (unpaired) electrons. The molecule has 2 nitrogen and oxygen atoms in total. The van der Waals surface area contributed by atoms with Gasteiger partial charge >= 0.3 is 7.68 Å². The summed E-state index contributed by atoms with van der Waals surface area (Å²) in [6, 6.07) is 0. The molecule has 1 atom stereocenters. The van der Waals surface area contributed by atoms with Crippen LogP contribution >= 0.6 is 7.68 Å². The van der Waals surface area contributed by atoms with Gasteiger partial charge < -0.3 is 4.52 Å². The van der Waals surface area contributed by atoms with E-state index >= 15 is 0 Å². The highest BCUT2D eigenvalue weighted by Crippen LogP contribution is 2.53. The minimum Gasteiger partial charge on any atom is -0.305 e. The summed E-state index contributed by atoms with van der Waals surface area (Å²) in [6.45, 7) is 5.59. The molecule has 0 aliphatic carbocycles. The second-order valence-corrected chi connectivity index (χ2v) is 6.20. The maximum Gasteiger partial charge on any atom is 0.369 e. The number of halogens is 1. The highest BCUT2D eigenvalue weighted by molar-refractivity contribution is 7.54. The zero-order valence-corrected chi connectivity index (χ0v) is 10.4. The van der Waals surface area contributed by atoms with Gasteiger partial charge in [-0.2, -0.15) is 4.20 Å². The largest absolute Gasteiger partial charge is 0.369 e. The quantitative estimate of drug-likeness (QED) is 0.446. The SMILES string of the molecule is CCCCCCCOP(=O)(F)C(C)C. The first-order chi connectivity index (χ1) is 6.50. The lowest BCUT2D eigenvalue weighted by atomic mass is 10.2. The fourth-order valence-corrected chi connectivity index (χ4v) is 1.72. The van der Waals surface area contributed by atoms with Gasteiger partial charge in [-0.15, -0.1) is 0 Å². The second-order valence-electron chi connectivity index (χ2n) is 3.86. The van der Waals surface area contributed by atoms with E-state index in [4.69, 9.17) is 4.52 Å². The van der Waals surface area contributed by atoms with E-state index < -0.39 is 13.3 Å².